The summed E-state index contributed by atoms with van der Waals surface area (Å²) in [7, 11) is 1.97. The first kappa shape index (κ1) is 12.4. The second-order valence-corrected chi connectivity index (χ2v) is 4.67. The van der Waals surface area contributed by atoms with Crippen molar-refractivity contribution in [3.05, 3.63) is 35.9 Å². The summed E-state index contributed by atoms with van der Waals surface area (Å²) >= 11 is 0. The molecular formula is C14H18N4. The number of nitrogen functional groups attached to an aromatic ring is 1. The number of hydrogen-bond donors (Lipinski definition) is 2. The Morgan fingerprint density at radius 3 is 2.61 bits per heavy atom. The van der Waals surface area contributed by atoms with Gasteiger partial charge in [0.25, 0.3) is 0 Å². The summed E-state index contributed by atoms with van der Waals surface area (Å²) in [6.45, 7) is 4.17. The van der Waals surface area contributed by atoms with Crippen LogP contribution in [-0.4, -0.2) is 23.9 Å². The molecule has 0 radical (unpaired) electrons. The molecule has 0 amide bonds. The number of anilines is 1. The first-order chi connectivity index (χ1) is 8.50. The molecule has 0 aliphatic carbocycles. The van der Waals surface area contributed by atoms with Gasteiger partial charge in [-0.2, -0.15) is 0 Å². The Kier molecular flexibility index (Phi) is 3.19. The fraction of sp³-hybridized carbons (Fsp3) is 0.286. The highest BCUT2D eigenvalue weighted by Gasteiger charge is 2.15. The van der Waals surface area contributed by atoms with E-state index >= 15 is 0 Å². The number of benzene rings is 1. The molecule has 0 saturated carbocycles. The Morgan fingerprint density at radius 1 is 1.33 bits per heavy atom. The van der Waals surface area contributed by atoms with Gasteiger partial charge in [0.15, 0.2) is 0 Å². The maximum atomic E-state index is 7.70. The van der Waals surface area contributed by atoms with E-state index in [1.807, 2.05) is 42.3 Å². The van der Waals surface area contributed by atoms with Gasteiger partial charge >= 0.3 is 0 Å². The van der Waals surface area contributed by atoms with Gasteiger partial charge < -0.3 is 10.6 Å². The molecule has 0 unspecified atom stereocenters. The van der Waals surface area contributed by atoms with Gasteiger partial charge in [-0.05, 0) is 26.0 Å². The van der Waals surface area contributed by atoms with Crippen molar-refractivity contribution in [2.24, 2.45) is 5.73 Å². The smallest absolute Gasteiger partial charge is 0.140 e. The van der Waals surface area contributed by atoms with E-state index in [0.717, 1.165) is 16.7 Å². The van der Waals surface area contributed by atoms with Gasteiger partial charge in [-0.1, -0.05) is 18.2 Å². The van der Waals surface area contributed by atoms with Crippen LogP contribution in [0.2, 0.25) is 0 Å². The Hall–Kier alpha value is -2.10. The largest absolute Gasteiger partial charge is 0.384 e. The number of nitrogens with one attached hydrogen (secondary N) is 1. The van der Waals surface area contributed by atoms with Gasteiger partial charge in [0.05, 0.1) is 11.1 Å². The molecule has 0 aliphatic heterocycles. The standard InChI is InChI=1S/C14H18N4/c1-9(2)18(3)14-11(13(15)16)8-10-6-4-5-7-12(10)17-14/h4-9H,1-3H3,(H3,15,16). The molecule has 4 nitrogen and oxygen atoms in total. The highest BCUT2D eigenvalue weighted by Crippen LogP contribution is 2.23. The lowest BCUT2D eigenvalue weighted by Gasteiger charge is -2.25. The third-order valence-electron chi connectivity index (χ3n) is 3.10. The molecule has 0 saturated heterocycles. The van der Waals surface area contributed by atoms with E-state index in [1.54, 1.807) is 0 Å². The third kappa shape index (κ3) is 2.14. The quantitative estimate of drug-likeness (QED) is 0.641. The first-order valence-corrected chi connectivity index (χ1v) is 5.97. The zero-order valence-electron chi connectivity index (χ0n) is 10.9. The van der Waals surface area contributed by atoms with E-state index < -0.39 is 0 Å². The normalized spacial score (nSPS) is 10.9. The summed E-state index contributed by atoms with van der Waals surface area (Å²) < 4.78 is 0. The fourth-order valence-corrected chi connectivity index (χ4v) is 1.82. The summed E-state index contributed by atoms with van der Waals surface area (Å²) in [6, 6.07) is 10.1. The van der Waals surface area contributed by atoms with Crippen LogP contribution in [0.4, 0.5) is 5.82 Å². The van der Waals surface area contributed by atoms with E-state index in [2.05, 4.69) is 18.8 Å². The van der Waals surface area contributed by atoms with E-state index in [4.69, 9.17) is 11.1 Å². The number of hydrogen-bond acceptors (Lipinski definition) is 3. The zero-order chi connectivity index (χ0) is 13.3. The molecule has 94 valence electrons. The van der Waals surface area contributed by atoms with Crippen LogP contribution in [0.15, 0.2) is 30.3 Å². The van der Waals surface area contributed by atoms with Crippen LogP contribution in [0.25, 0.3) is 10.9 Å². The van der Waals surface area contributed by atoms with Crippen LogP contribution in [0, 0.1) is 5.41 Å². The number of nitrogens with two attached hydrogens (primary N) is 1. The molecule has 0 spiro atoms. The van der Waals surface area contributed by atoms with Gasteiger partial charge in [0.1, 0.15) is 11.7 Å². The van der Waals surface area contributed by atoms with E-state index in [0.29, 0.717) is 11.6 Å². The molecule has 3 N–H and O–H groups in total. The number of amidine groups is 1. The number of aromatic nitrogens is 1. The molecule has 2 rings (SSSR count). The minimum Gasteiger partial charge on any atom is -0.384 e. The summed E-state index contributed by atoms with van der Waals surface area (Å²) in [5.74, 6) is 0.812. The van der Waals surface area contributed by atoms with E-state index in [9.17, 15) is 0 Å². The number of para-hydroxylation sites is 1. The van der Waals surface area contributed by atoms with Crippen LogP contribution in [-0.2, 0) is 0 Å². The highest BCUT2D eigenvalue weighted by atomic mass is 15.2. The molecular weight excluding hydrogens is 224 g/mol. The molecule has 0 bridgehead atoms. The minimum absolute atomic E-state index is 0.0516. The maximum Gasteiger partial charge on any atom is 0.140 e. The zero-order valence-corrected chi connectivity index (χ0v) is 10.9. The van der Waals surface area contributed by atoms with E-state index in [-0.39, 0.29) is 5.84 Å². The molecule has 4 heteroatoms. The number of nitrogens with zero attached hydrogens (tertiary/aromatic N) is 2. The van der Waals surface area contributed by atoms with Crippen LogP contribution in [0.5, 0.6) is 0 Å². The van der Waals surface area contributed by atoms with Crippen molar-refractivity contribution in [2.45, 2.75) is 19.9 Å². The molecule has 2 aromatic rings. The van der Waals surface area contributed by atoms with Gasteiger partial charge in [0.2, 0.25) is 0 Å². The second kappa shape index (κ2) is 4.64. The highest BCUT2D eigenvalue weighted by molar-refractivity contribution is 6.03. The number of rotatable bonds is 3. The maximum absolute atomic E-state index is 7.70. The van der Waals surface area contributed by atoms with Crippen molar-refractivity contribution in [1.29, 1.82) is 5.41 Å². The van der Waals surface area contributed by atoms with Crippen LogP contribution >= 0.6 is 0 Å². The molecule has 1 aromatic carbocycles. The molecule has 0 atom stereocenters. The number of fused-ring (bicyclic) bond motifs is 1. The van der Waals surface area contributed by atoms with Gasteiger partial charge in [-0.15, -0.1) is 0 Å². The lowest BCUT2D eigenvalue weighted by atomic mass is 10.1. The Morgan fingerprint density at radius 2 is 2.00 bits per heavy atom. The van der Waals surface area contributed by atoms with Crippen LogP contribution < -0.4 is 10.6 Å². The lowest BCUT2D eigenvalue weighted by molar-refractivity contribution is 0.744. The predicted molar refractivity (Wildman–Crippen MR) is 76.3 cm³/mol. The Labute approximate surface area is 107 Å². The Balaban J connectivity index is 2.69. The van der Waals surface area contributed by atoms with Gasteiger partial charge in [0, 0.05) is 18.5 Å². The first-order valence-electron chi connectivity index (χ1n) is 5.97. The molecule has 1 heterocycles. The van der Waals surface area contributed by atoms with Crippen molar-refractivity contribution in [3.8, 4) is 0 Å². The fourth-order valence-electron chi connectivity index (χ4n) is 1.82. The van der Waals surface area contributed by atoms with Crippen molar-refractivity contribution in [1.82, 2.24) is 4.98 Å². The topological polar surface area (TPSA) is 66.0 Å². The Bertz CT molecular complexity index is 589. The van der Waals surface area contributed by atoms with E-state index in [1.165, 1.54) is 0 Å². The van der Waals surface area contributed by atoms with Crippen molar-refractivity contribution >= 4 is 22.6 Å². The van der Waals surface area contributed by atoms with Crippen molar-refractivity contribution in [3.63, 3.8) is 0 Å². The monoisotopic (exact) mass is 242 g/mol. The molecule has 18 heavy (non-hydrogen) atoms. The predicted octanol–water partition coefficient (Wildman–Crippen LogP) is 2.36. The van der Waals surface area contributed by atoms with Gasteiger partial charge in [-0.3, -0.25) is 5.41 Å². The summed E-state index contributed by atoms with van der Waals surface area (Å²) in [5, 5.41) is 8.70. The number of pyridine rings is 1. The summed E-state index contributed by atoms with van der Waals surface area (Å²) in [6.07, 6.45) is 0. The summed E-state index contributed by atoms with van der Waals surface area (Å²) in [5.41, 5.74) is 7.27. The van der Waals surface area contributed by atoms with Crippen LogP contribution in [0.1, 0.15) is 19.4 Å². The second-order valence-electron chi connectivity index (χ2n) is 4.67. The average Bonchev–Trinajstić information content (AvgIpc) is 2.36. The average molecular weight is 242 g/mol. The minimum atomic E-state index is 0.0516. The molecule has 1 aromatic heterocycles. The summed E-state index contributed by atoms with van der Waals surface area (Å²) in [4.78, 5) is 6.65. The third-order valence-corrected chi connectivity index (χ3v) is 3.10. The van der Waals surface area contributed by atoms with Crippen LogP contribution in [0.3, 0.4) is 0 Å². The molecule has 0 aliphatic rings. The van der Waals surface area contributed by atoms with Gasteiger partial charge in [-0.25, -0.2) is 4.98 Å². The van der Waals surface area contributed by atoms with Crippen molar-refractivity contribution < 1.29 is 0 Å². The SMILES string of the molecule is CC(C)N(C)c1nc2ccccc2cc1C(=N)N. The molecule has 0 fully saturated rings. The van der Waals surface area contributed by atoms with Crippen molar-refractivity contribution in [2.75, 3.05) is 11.9 Å². The lowest BCUT2D eigenvalue weighted by Crippen LogP contribution is -2.29.